The van der Waals surface area contributed by atoms with Gasteiger partial charge in [-0.2, -0.15) is 0 Å². The summed E-state index contributed by atoms with van der Waals surface area (Å²) >= 11 is 1.74. The number of nitrogens with one attached hydrogen (secondary N) is 1. The second-order valence-corrected chi connectivity index (χ2v) is 6.23. The van der Waals surface area contributed by atoms with Crippen LogP contribution in [0.3, 0.4) is 0 Å². The Kier molecular flexibility index (Phi) is 4.18. The number of thiophene rings is 1. The quantitative estimate of drug-likeness (QED) is 0.866. The summed E-state index contributed by atoms with van der Waals surface area (Å²) in [5.41, 5.74) is 5.90. The zero-order valence-corrected chi connectivity index (χ0v) is 11.1. The van der Waals surface area contributed by atoms with Gasteiger partial charge in [0.15, 0.2) is 0 Å². The summed E-state index contributed by atoms with van der Waals surface area (Å²) in [5, 5.41) is 3.02. The Morgan fingerprint density at radius 3 is 3.00 bits per heavy atom. The largest absolute Gasteiger partial charge is 0.351 e. The van der Waals surface area contributed by atoms with Gasteiger partial charge in [0.1, 0.15) is 0 Å². The third-order valence-corrected chi connectivity index (χ3v) is 4.32. The van der Waals surface area contributed by atoms with E-state index in [1.54, 1.807) is 11.3 Å². The summed E-state index contributed by atoms with van der Waals surface area (Å²) in [6, 6.07) is 4.37. The fourth-order valence-electron chi connectivity index (χ4n) is 2.36. The SMILES string of the molecule is Cc1ccc(CNC(=O)C2CCCC(N)C2)s1. The summed E-state index contributed by atoms with van der Waals surface area (Å²) in [6.07, 6.45) is 3.98. The molecular formula is C13H20N2OS. The molecule has 1 fully saturated rings. The van der Waals surface area contributed by atoms with Crippen LogP contribution in [-0.4, -0.2) is 11.9 Å². The molecule has 3 nitrogen and oxygen atoms in total. The van der Waals surface area contributed by atoms with Gasteiger partial charge < -0.3 is 11.1 Å². The van der Waals surface area contributed by atoms with Gasteiger partial charge in [-0.25, -0.2) is 0 Å². The fraction of sp³-hybridized carbons (Fsp3) is 0.615. The second-order valence-electron chi connectivity index (χ2n) is 4.85. The summed E-state index contributed by atoms with van der Waals surface area (Å²) in [6.45, 7) is 2.74. The van der Waals surface area contributed by atoms with Gasteiger partial charge in [-0.3, -0.25) is 4.79 Å². The molecule has 0 aliphatic heterocycles. The summed E-state index contributed by atoms with van der Waals surface area (Å²) in [5.74, 6) is 0.297. The lowest BCUT2D eigenvalue weighted by Crippen LogP contribution is -2.37. The highest BCUT2D eigenvalue weighted by molar-refractivity contribution is 7.11. The van der Waals surface area contributed by atoms with Crippen molar-refractivity contribution in [2.45, 2.75) is 45.2 Å². The Bertz CT molecular complexity index is 389. The number of amides is 1. The molecule has 2 atom stereocenters. The molecule has 1 amide bonds. The van der Waals surface area contributed by atoms with Crippen molar-refractivity contribution >= 4 is 17.2 Å². The highest BCUT2D eigenvalue weighted by atomic mass is 32.1. The Morgan fingerprint density at radius 2 is 2.35 bits per heavy atom. The molecule has 1 saturated carbocycles. The van der Waals surface area contributed by atoms with Crippen molar-refractivity contribution in [3.63, 3.8) is 0 Å². The maximum absolute atomic E-state index is 12.0. The molecule has 1 aliphatic carbocycles. The van der Waals surface area contributed by atoms with E-state index in [-0.39, 0.29) is 17.9 Å². The summed E-state index contributed by atoms with van der Waals surface area (Å²) < 4.78 is 0. The van der Waals surface area contributed by atoms with E-state index in [1.165, 1.54) is 9.75 Å². The number of carbonyl (C=O) groups excluding carboxylic acids is 1. The van der Waals surface area contributed by atoms with Gasteiger partial charge in [0.25, 0.3) is 0 Å². The van der Waals surface area contributed by atoms with E-state index in [1.807, 2.05) is 0 Å². The van der Waals surface area contributed by atoms with Gasteiger partial charge in [0.05, 0.1) is 6.54 Å². The predicted molar refractivity (Wildman–Crippen MR) is 70.8 cm³/mol. The third kappa shape index (κ3) is 3.54. The topological polar surface area (TPSA) is 55.1 Å². The van der Waals surface area contributed by atoms with E-state index in [0.29, 0.717) is 6.54 Å². The maximum atomic E-state index is 12.0. The van der Waals surface area contributed by atoms with Crippen LogP contribution in [0.15, 0.2) is 12.1 Å². The van der Waals surface area contributed by atoms with Crippen LogP contribution in [0.2, 0.25) is 0 Å². The van der Waals surface area contributed by atoms with Crippen molar-refractivity contribution in [3.8, 4) is 0 Å². The fourth-order valence-corrected chi connectivity index (χ4v) is 3.19. The number of carbonyl (C=O) groups is 1. The van der Waals surface area contributed by atoms with Gasteiger partial charge in [0, 0.05) is 21.7 Å². The van der Waals surface area contributed by atoms with Crippen molar-refractivity contribution in [2.24, 2.45) is 11.7 Å². The van der Waals surface area contributed by atoms with E-state index in [4.69, 9.17) is 5.73 Å². The Labute approximate surface area is 106 Å². The first kappa shape index (κ1) is 12.6. The molecule has 1 aromatic heterocycles. The summed E-state index contributed by atoms with van der Waals surface area (Å²) in [4.78, 5) is 14.5. The van der Waals surface area contributed by atoms with Gasteiger partial charge >= 0.3 is 0 Å². The normalized spacial score (nSPS) is 24.6. The van der Waals surface area contributed by atoms with E-state index in [0.717, 1.165) is 25.7 Å². The van der Waals surface area contributed by atoms with E-state index < -0.39 is 0 Å². The van der Waals surface area contributed by atoms with Crippen LogP contribution in [0.25, 0.3) is 0 Å². The number of rotatable bonds is 3. The monoisotopic (exact) mass is 252 g/mol. The van der Waals surface area contributed by atoms with Crippen LogP contribution in [0.5, 0.6) is 0 Å². The van der Waals surface area contributed by atoms with E-state index >= 15 is 0 Å². The molecule has 3 N–H and O–H groups in total. The first-order chi connectivity index (χ1) is 8.15. The van der Waals surface area contributed by atoms with Crippen molar-refractivity contribution < 1.29 is 4.79 Å². The van der Waals surface area contributed by atoms with Gasteiger partial charge in [0.2, 0.25) is 5.91 Å². The molecule has 1 aromatic rings. The average molecular weight is 252 g/mol. The van der Waals surface area contributed by atoms with Gasteiger partial charge in [-0.1, -0.05) is 6.42 Å². The lowest BCUT2D eigenvalue weighted by atomic mass is 9.85. The van der Waals surface area contributed by atoms with Crippen LogP contribution in [0.1, 0.15) is 35.4 Å². The Balaban J connectivity index is 1.80. The maximum Gasteiger partial charge on any atom is 0.223 e. The van der Waals surface area contributed by atoms with Crippen LogP contribution < -0.4 is 11.1 Å². The lowest BCUT2D eigenvalue weighted by Gasteiger charge is -2.25. The molecule has 2 rings (SSSR count). The smallest absolute Gasteiger partial charge is 0.223 e. The zero-order chi connectivity index (χ0) is 12.3. The van der Waals surface area contributed by atoms with Crippen molar-refractivity contribution in [2.75, 3.05) is 0 Å². The number of nitrogens with two attached hydrogens (primary N) is 1. The molecule has 4 heteroatoms. The van der Waals surface area contributed by atoms with Crippen LogP contribution in [-0.2, 0) is 11.3 Å². The standard InChI is InChI=1S/C13H20N2OS/c1-9-5-6-12(17-9)8-15-13(16)10-3-2-4-11(14)7-10/h5-6,10-11H,2-4,7-8,14H2,1H3,(H,15,16). The second kappa shape index (κ2) is 5.65. The number of hydrogen-bond donors (Lipinski definition) is 2. The van der Waals surface area contributed by atoms with Crippen LogP contribution in [0.4, 0.5) is 0 Å². The minimum atomic E-state index is 0.125. The highest BCUT2D eigenvalue weighted by Crippen LogP contribution is 2.23. The first-order valence-corrected chi connectivity index (χ1v) is 7.05. The molecule has 0 radical (unpaired) electrons. The Hall–Kier alpha value is -0.870. The Morgan fingerprint density at radius 1 is 1.53 bits per heavy atom. The number of aryl methyl sites for hydroxylation is 1. The predicted octanol–water partition coefficient (Wildman–Crippen LogP) is 2.19. The lowest BCUT2D eigenvalue weighted by molar-refractivity contribution is -0.126. The zero-order valence-electron chi connectivity index (χ0n) is 10.2. The molecule has 0 saturated heterocycles. The van der Waals surface area contributed by atoms with Crippen molar-refractivity contribution in [1.29, 1.82) is 0 Å². The molecule has 0 spiro atoms. The van der Waals surface area contributed by atoms with E-state index in [2.05, 4.69) is 24.4 Å². The molecule has 1 aliphatic rings. The average Bonchev–Trinajstić information content (AvgIpc) is 2.72. The van der Waals surface area contributed by atoms with Gasteiger partial charge in [-0.15, -0.1) is 11.3 Å². The molecule has 0 aromatic carbocycles. The third-order valence-electron chi connectivity index (χ3n) is 3.32. The molecule has 0 bridgehead atoms. The van der Waals surface area contributed by atoms with Gasteiger partial charge in [-0.05, 0) is 38.3 Å². The minimum Gasteiger partial charge on any atom is -0.351 e. The van der Waals surface area contributed by atoms with Crippen LogP contribution >= 0.6 is 11.3 Å². The molecule has 17 heavy (non-hydrogen) atoms. The summed E-state index contributed by atoms with van der Waals surface area (Å²) in [7, 11) is 0. The minimum absolute atomic E-state index is 0.125. The molecule has 94 valence electrons. The molecule has 1 heterocycles. The molecular weight excluding hydrogens is 232 g/mol. The number of hydrogen-bond acceptors (Lipinski definition) is 3. The van der Waals surface area contributed by atoms with Crippen molar-refractivity contribution in [3.05, 3.63) is 21.9 Å². The van der Waals surface area contributed by atoms with Crippen LogP contribution in [0, 0.1) is 12.8 Å². The highest BCUT2D eigenvalue weighted by Gasteiger charge is 2.24. The van der Waals surface area contributed by atoms with E-state index in [9.17, 15) is 4.79 Å². The molecule has 2 unspecified atom stereocenters. The van der Waals surface area contributed by atoms with Crippen molar-refractivity contribution in [1.82, 2.24) is 5.32 Å². The first-order valence-electron chi connectivity index (χ1n) is 6.24.